The van der Waals surface area contributed by atoms with Gasteiger partial charge in [0.2, 0.25) is 5.91 Å². The summed E-state index contributed by atoms with van der Waals surface area (Å²) in [7, 11) is 0. The van der Waals surface area contributed by atoms with Crippen molar-refractivity contribution in [1.82, 2.24) is 0 Å². The molecule has 1 fully saturated rings. The molecule has 3 rings (SSSR count). The highest BCUT2D eigenvalue weighted by Crippen LogP contribution is 2.31. The minimum absolute atomic E-state index is 0.0626. The van der Waals surface area contributed by atoms with Crippen molar-refractivity contribution in [2.24, 2.45) is 0 Å². The van der Waals surface area contributed by atoms with Crippen LogP contribution < -0.4 is 15.5 Å². The Balaban J connectivity index is 1.69. The van der Waals surface area contributed by atoms with Gasteiger partial charge in [0.1, 0.15) is 0 Å². The topological polar surface area (TPSA) is 44.4 Å². The second kappa shape index (κ2) is 8.00. The largest absolute Gasteiger partial charge is 0.374 e. The molecule has 26 heavy (non-hydrogen) atoms. The van der Waals surface area contributed by atoms with Crippen LogP contribution in [0.25, 0.3) is 0 Å². The summed E-state index contributed by atoms with van der Waals surface area (Å²) in [5.74, 6) is -0.0626. The molecule has 0 saturated carbocycles. The van der Waals surface area contributed by atoms with Crippen LogP contribution in [0.15, 0.2) is 30.3 Å². The summed E-state index contributed by atoms with van der Waals surface area (Å²) in [5, 5.41) is 6.96. The van der Waals surface area contributed by atoms with E-state index in [-0.39, 0.29) is 12.5 Å². The molecule has 1 saturated heterocycles. The molecule has 4 nitrogen and oxygen atoms in total. The average Bonchev–Trinajstić information content (AvgIpc) is 3.10. The number of hydrogen-bond acceptors (Lipinski definition) is 3. The van der Waals surface area contributed by atoms with E-state index in [1.54, 1.807) is 0 Å². The fourth-order valence-electron chi connectivity index (χ4n) is 3.62. The van der Waals surface area contributed by atoms with Crippen LogP contribution in [0, 0.1) is 20.8 Å². The lowest BCUT2D eigenvalue weighted by Crippen LogP contribution is -2.25. The fourth-order valence-corrected chi connectivity index (χ4v) is 3.79. The number of carbonyl (C=O) groups is 1. The number of amides is 1. The van der Waals surface area contributed by atoms with E-state index in [0.29, 0.717) is 5.02 Å². The predicted octanol–water partition coefficient (Wildman–Crippen LogP) is 4.92. The Morgan fingerprint density at radius 2 is 1.73 bits per heavy atom. The Kier molecular flexibility index (Phi) is 5.72. The Labute approximate surface area is 160 Å². The molecule has 1 heterocycles. The average molecular weight is 372 g/mol. The summed E-state index contributed by atoms with van der Waals surface area (Å²) < 4.78 is 0. The van der Waals surface area contributed by atoms with Gasteiger partial charge in [0, 0.05) is 23.8 Å². The third-order valence-corrected chi connectivity index (χ3v) is 5.02. The molecule has 2 N–H and O–H groups in total. The molecule has 0 bridgehead atoms. The normalized spacial score (nSPS) is 13.8. The first kappa shape index (κ1) is 18.6. The molecule has 1 amide bonds. The lowest BCUT2D eigenvalue weighted by Gasteiger charge is -2.22. The number of aryl methyl sites for hydroxylation is 3. The fraction of sp³-hybridized carbons (Fsp3) is 0.381. The monoisotopic (exact) mass is 371 g/mol. The molecular weight excluding hydrogens is 346 g/mol. The van der Waals surface area contributed by atoms with Gasteiger partial charge >= 0.3 is 0 Å². The highest BCUT2D eigenvalue weighted by atomic mass is 35.5. The molecule has 0 atom stereocenters. The quantitative estimate of drug-likeness (QED) is 0.784. The van der Waals surface area contributed by atoms with E-state index in [0.717, 1.165) is 41.3 Å². The van der Waals surface area contributed by atoms with Crippen molar-refractivity contribution in [2.75, 3.05) is 35.2 Å². The molecule has 0 aliphatic carbocycles. The van der Waals surface area contributed by atoms with Gasteiger partial charge in [-0.05, 0) is 62.9 Å². The molecule has 0 radical (unpaired) electrons. The van der Waals surface area contributed by atoms with Gasteiger partial charge in [-0.2, -0.15) is 0 Å². The molecular formula is C21H26ClN3O. The van der Waals surface area contributed by atoms with E-state index in [1.165, 1.54) is 18.4 Å². The molecule has 5 heteroatoms. The van der Waals surface area contributed by atoms with Crippen LogP contribution in [0.5, 0.6) is 0 Å². The number of nitrogens with one attached hydrogen (secondary N) is 2. The lowest BCUT2D eigenvalue weighted by atomic mass is 10.1. The zero-order chi connectivity index (χ0) is 18.7. The second-order valence-corrected chi connectivity index (χ2v) is 7.47. The highest BCUT2D eigenvalue weighted by Gasteiger charge is 2.17. The van der Waals surface area contributed by atoms with Crippen molar-refractivity contribution in [2.45, 2.75) is 33.6 Å². The van der Waals surface area contributed by atoms with Crippen molar-refractivity contribution in [3.8, 4) is 0 Å². The van der Waals surface area contributed by atoms with E-state index >= 15 is 0 Å². The Bertz CT molecular complexity index is 790. The number of halogens is 1. The highest BCUT2D eigenvalue weighted by molar-refractivity contribution is 6.31. The summed E-state index contributed by atoms with van der Waals surface area (Å²) in [6, 6.07) is 9.99. The van der Waals surface area contributed by atoms with Crippen molar-refractivity contribution in [1.29, 1.82) is 0 Å². The number of anilines is 3. The molecule has 1 aliphatic rings. The van der Waals surface area contributed by atoms with Crippen LogP contribution >= 0.6 is 11.6 Å². The first-order valence-electron chi connectivity index (χ1n) is 9.10. The molecule has 138 valence electrons. The maximum absolute atomic E-state index is 12.5. The van der Waals surface area contributed by atoms with Crippen molar-refractivity contribution in [3.63, 3.8) is 0 Å². The van der Waals surface area contributed by atoms with Gasteiger partial charge in [-0.15, -0.1) is 0 Å². The molecule has 2 aromatic rings. The van der Waals surface area contributed by atoms with Gasteiger partial charge in [-0.1, -0.05) is 29.3 Å². The Hall–Kier alpha value is -2.20. The summed E-state index contributed by atoms with van der Waals surface area (Å²) in [4.78, 5) is 14.8. The maximum atomic E-state index is 12.5. The minimum Gasteiger partial charge on any atom is -0.374 e. The summed E-state index contributed by atoms with van der Waals surface area (Å²) in [6.07, 6.45) is 2.41. The van der Waals surface area contributed by atoms with Gasteiger partial charge in [0.25, 0.3) is 0 Å². The SMILES string of the molecule is Cc1cc(C)c(NC(=O)CNc2cc(Cl)ccc2N2CCCC2)c(C)c1. The van der Waals surface area contributed by atoms with E-state index in [2.05, 4.69) is 34.6 Å². The zero-order valence-corrected chi connectivity index (χ0v) is 16.4. The van der Waals surface area contributed by atoms with Crippen molar-refractivity contribution >= 4 is 34.6 Å². The van der Waals surface area contributed by atoms with Crippen molar-refractivity contribution in [3.05, 3.63) is 52.0 Å². The van der Waals surface area contributed by atoms with E-state index in [1.807, 2.05) is 32.0 Å². The van der Waals surface area contributed by atoms with Gasteiger partial charge in [-0.3, -0.25) is 4.79 Å². The smallest absolute Gasteiger partial charge is 0.243 e. The first-order valence-corrected chi connectivity index (χ1v) is 9.48. The van der Waals surface area contributed by atoms with Crippen LogP contribution in [0.1, 0.15) is 29.5 Å². The number of benzene rings is 2. The van der Waals surface area contributed by atoms with Crippen LogP contribution in [-0.2, 0) is 4.79 Å². The number of carbonyl (C=O) groups excluding carboxylic acids is 1. The zero-order valence-electron chi connectivity index (χ0n) is 15.7. The van der Waals surface area contributed by atoms with Crippen molar-refractivity contribution < 1.29 is 4.79 Å². The first-order chi connectivity index (χ1) is 12.4. The minimum atomic E-state index is -0.0626. The Morgan fingerprint density at radius 1 is 1.08 bits per heavy atom. The van der Waals surface area contributed by atoms with Gasteiger partial charge in [-0.25, -0.2) is 0 Å². The number of hydrogen-bond donors (Lipinski definition) is 2. The number of nitrogens with zero attached hydrogens (tertiary/aromatic N) is 1. The lowest BCUT2D eigenvalue weighted by molar-refractivity contribution is -0.114. The van der Waals surface area contributed by atoms with E-state index < -0.39 is 0 Å². The summed E-state index contributed by atoms with van der Waals surface area (Å²) in [6.45, 7) is 8.39. The molecule has 0 unspecified atom stereocenters. The number of rotatable bonds is 5. The maximum Gasteiger partial charge on any atom is 0.243 e. The van der Waals surface area contributed by atoms with Crippen LogP contribution in [0.3, 0.4) is 0 Å². The standard InChI is InChI=1S/C21H26ClN3O/c1-14-10-15(2)21(16(3)11-14)24-20(26)13-23-18-12-17(22)6-7-19(18)25-8-4-5-9-25/h6-7,10-12,23H,4-5,8-9,13H2,1-3H3,(H,24,26). The van der Waals surface area contributed by atoms with Crippen LogP contribution in [0.2, 0.25) is 5.02 Å². The predicted molar refractivity (Wildman–Crippen MR) is 111 cm³/mol. The third-order valence-electron chi connectivity index (χ3n) is 4.79. The Morgan fingerprint density at radius 3 is 2.38 bits per heavy atom. The molecule has 0 spiro atoms. The van der Waals surface area contributed by atoms with Gasteiger partial charge in [0.05, 0.1) is 17.9 Å². The van der Waals surface area contributed by atoms with Gasteiger partial charge < -0.3 is 15.5 Å². The molecule has 0 aromatic heterocycles. The van der Waals surface area contributed by atoms with E-state index in [4.69, 9.17) is 11.6 Å². The molecule has 2 aromatic carbocycles. The third kappa shape index (κ3) is 4.31. The van der Waals surface area contributed by atoms with Gasteiger partial charge in [0.15, 0.2) is 0 Å². The van der Waals surface area contributed by atoms with Crippen LogP contribution in [-0.4, -0.2) is 25.5 Å². The van der Waals surface area contributed by atoms with Crippen LogP contribution in [0.4, 0.5) is 17.1 Å². The summed E-state index contributed by atoms with van der Waals surface area (Å²) >= 11 is 6.17. The second-order valence-electron chi connectivity index (χ2n) is 7.03. The summed E-state index contributed by atoms with van der Waals surface area (Å²) in [5.41, 5.74) is 6.28. The van der Waals surface area contributed by atoms with E-state index in [9.17, 15) is 4.79 Å². The molecule has 1 aliphatic heterocycles.